The minimum absolute atomic E-state index is 0.237. The monoisotopic (exact) mass is 310 g/mol. The highest BCUT2D eigenvalue weighted by molar-refractivity contribution is 6.30. The Kier molecular flexibility index (Phi) is 4.82. The van der Waals surface area contributed by atoms with Gasteiger partial charge in [-0.1, -0.05) is 18.5 Å². The van der Waals surface area contributed by atoms with Crippen LogP contribution in [0.25, 0.3) is 0 Å². The third kappa shape index (κ3) is 3.77. The summed E-state index contributed by atoms with van der Waals surface area (Å²) in [6, 6.07) is 6.87. The zero-order valence-electron chi connectivity index (χ0n) is 12.6. The summed E-state index contributed by atoms with van der Waals surface area (Å²) < 4.78 is 13.5. The molecular formula is C17H24ClFN2. The van der Waals surface area contributed by atoms with Gasteiger partial charge in [0.15, 0.2) is 0 Å². The minimum Gasteiger partial charge on any atom is -0.311 e. The van der Waals surface area contributed by atoms with Crippen LogP contribution in [0.3, 0.4) is 0 Å². The number of hydrogen-bond acceptors (Lipinski definition) is 2. The number of piperidine rings is 1. The molecule has 2 bridgehead atoms. The average Bonchev–Trinajstić information content (AvgIpc) is 2.76. The normalized spacial score (nSPS) is 28.3. The molecule has 4 heteroatoms. The highest BCUT2D eigenvalue weighted by atomic mass is 35.5. The maximum absolute atomic E-state index is 13.5. The van der Waals surface area contributed by atoms with Crippen LogP contribution in [-0.2, 0) is 6.54 Å². The lowest BCUT2D eigenvalue weighted by molar-refractivity contribution is 0.134. The second-order valence-electron chi connectivity index (χ2n) is 6.51. The van der Waals surface area contributed by atoms with Gasteiger partial charge in [-0.15, -0.1) is 0 Å². The second kappa shape index (κ2) is 6.64. The molecule has 0 saturated carbocycles. The predicted molar refractivity (Wildman–Crippen MR) is 85.1 cm³/mol. The molecule has 2 saturated heterocycles. The maximum Gasteiger partial charge on any atom is 0.125 e. The summed E-state index contributed by atoms with van der Waals surface area (Å²) in [5.74, 6) is -0.237. The molecule has 0 amide bonds. The fourth-order valence-electron chi connectivity index (χ4n) is 3.94. The summed E-state index contributed by atoms with van der Waals surface area (Å²) in [6.07, 6.45) is 6.20. The molecule has 2 fully saturated rings. The number of fused-ring (bicyclic) bond motifs is 2. The van der Waals surface area contributed by atoms with Crippen molar-refractivity contribution in [2.24, 2.45) is 0 Å². The Morgan fingerprint density at radius 3 is 2.57 bits per heavy atom. The summed E-state index contributed by atoms with van der Waals surface area (Å²) in [4.78, 5) is 2.53. The van der Waals surface area contributed by atoms with Gasteiger partial charge in [-0.3, -0.25) is 4.90 Å². The Bertz CT molecular complexity index is 461. The van der Waals surface area contributed by atoms with E-state index in [0.717, 1.165) is 25.1 Å². The van der Waals surface area contributed by atoms with Gasteiger partial charge in [-0.25, -0.2) is 4.39 Å². The average molecular weight is 311 g/mol. The summed E-state index contributed by atoms with van der Waals surface area (Å²) in [5.41, 5.74) is 0.985. The summed E-state index contributed by atoms with van der Waals surface area (Å²) in [6.45, 7) is 4.08. The van der Waals surface area contributed by atoms with Crippen LogP contribution < -0.4 is 5.32 Å². The third-order valence-corrected chi connectivity index (χ3v) is 5.00. The summed E-state index contributed by atoms with van der Waals surface area (Å²) >= 11 is 5.98. The van der Waals surface area contributed by atoms with Crippen molar-refractivity contribution in [3.8, 4) is 0 Å². The fourth-order valence-corrected chi connectivity index (χ4v) is 4.18. The van der Waals surface area contributed by atoms with Crippen LogP contribution in [0.2, 0.25) is 5.02 Å². The summed E-state index contributed by atoms with van der Waals surface area (Å²) in [7, 11) is 0. The number of hydrogen-bond donors (Lipinski definition) is 1. The van der Waals surface area contributed by atoms with Gasteiger partial charge in [0.25, 0.3) is 0 Å². The lowest BCUT2D eigenvalue weighted by atomic mass is 9.97. The van der Waals surface area contributed by atoms with Gasteiger partial charge in [-0.05, 0) is 62.4 Å². The Morgan fingerprint density at radius 1 is 1.24 bits per heavy atom. The van der Waals surface area contributed by atoms with Gasteiger partial charge in [0.2, 0.25) is 0 Å². The maximum atomic E-state index is 13.5. The fraction of sp³-hybridized carbons (Fsp3) is 0.647. The number of nitrogens with one attached hydrogen (secondary N) is 1. The zero-order chi connectivity index (χ0) is 14.8. The molecule has 0 aromatic heterocycles. The van der Waals surface area contributed by atoms with Crippen molar-refractivity contribution in [2.45, 2.75) is 63.7 Å². The van der Waals surface area contributed by atoms with E-state index in [1.165, 1.54) is 31.7 Å². The molecule has 3 rings (SSSR count). The van der Waals surface area contributed by atoms with Gasteiger partial charge in [0.05, 0.1) is 0 Å². The van der Waals surface area contributed by atoms with Crippen molar-refractivity contribution >= 4 is 11.6 Å². The van der Waals surface area contributed by atoms with Crippen LogP contribution in [0.5, 0.6) is 0 Å². The Balaban J connectivity index is 1.72. The lowest BCUT2D eigenvalue weighted by Crippen LogP contribution is -2.48. The number of rotatable bonds is 5. The first kappa shape index (κ1) is 15.3. The van der Waals surface area contributed by atoms with E-state index in [9.17, 15) is 4.39 Å². The van der Waals surface area contributed by atoms with Crippen LogP contribution in [0.15, 0.2) is 18.2 Å². The molecule has 2 heterocycles. The Labute approximate surface area is 131 Å². The van der Waals surface area contributed by atoms with E-state index < -0.39 is 0 Å². The van der Waals surface area contributed by atoms with Crippen molar-refractivity contribution in [3.05, 3.63) is 34.6 Å². The van der Waals surface area contributed by atoms with Crippen LogP contribution in [0.1, 0.15) is 44.6 Å². The first-order valence-electron chi connectivity index (χ1n) is 8.09. The van der Waals surface area contributed by atoms with Crippen molar-refractivity contribution in [1.82, 2.24) is 10.2 Å². The van der Waals surface area contributed by atoms with E-state index in [1.807, 2.05) is 6.07 Å². The van der Waals surface area contributed by atoms with E-state index in [4.69, 9.17) is 11.6 Å². The molecule has 1 aromatic carbocycles. The Hall–Kier alpha value is -0.640. The Morgan fingerprint density at radius 2 is 1.95 bits per heavy atom. The first-order chi connectivity index (χ1) is 10.1. The predicted octanol–water partition coefficient (Wildman–Crippen LogP) is 3.97. The quantitative estimate of drug-likeness (QED) is 0.885. The zero-order valence-corrected chi connectivity index (χ0v) is 13.4. The standard InChI is InChI=1S/C17H24ClFN2/c1-2-5-21(11-12-6-13(18)8-14(19)7-12)17-9-15-3-4-16(10-17)20-15/h6-8,15-17,20H,2-5,9-11H2,1H3. The van der Waals surface area contributed by atoms with E-state index in [-0.39, 0.29) is 5.82 Å². The van der Waals surface area contributed by atoms with E-state index in [2.05, 4.69) is 17.1 Å². The highest BCUT2D eigenvalue weighted by Gasteiger charge is 2.35. The summed E-state index contributed by atoms with van der Waals surface area (Å²) in [5, 5.41) is 4.18. The molecule has 0 aliphatic carbocycles. The van der Waals surface area contributed by atoms with E-state index in [1.54, 1.807) is 6.07 Å². The first-order valence-corrected chi connectivity index (χ1v) is 8.47. The van der Waals surface area contributed by atoms with E-state index >= 15 is 0 Å². The van der Waals surface area contributed by atoms with Crippen molar-refractivity contribution in [3.63, 3.8) is 0 Å². The van der Waals surface area contributed by atoms with Crippen molar-refractivity contribution in [2.75, 3.05) is 6.54 Å². The van der Waals surface area contributed by atoms with Crippen LogP contribution in [-0.4, -0.2) is 29.6 Å². The van der Waals surface area contributed by atoms with Gasteiger partial charge < -0.3 is 5.32 Å². The second-order valence-corrected chi connectivity index (χ2v) is 6.95. The molecule has 2 aliphatic rings. The smallest absolute Gasteiger partial charge is 0.125 e. The molecule has 1 N–H and O–H groups in total. The molecule has 2 nitrogen and oxygen atoms in total. The SMILES string of the molecule is CCCN(Cc1cc(F)cc(Cl)c1)C1CC2CCC(C1)N2. The largest absolute Gasteiger partial charge is 0.311 e. The molecule has 2 atom stereocenters. The van der Waals surface area contributed by atoms with Crippen LogP contribution >= 0.6 is 11.6 Å². The molecule has 2 aliphatic heterocycles. The molecule has 0 spiro atoms. The molecule has 2 unspecified atom stereocenters. The van der Waals surface area contributed by atoms with Crippen molar-refractivity contribution < 1.29 is 4.39 Å². The van der Waals surface area contributed by atoms with E-state index in [0.29, 0.717) is 23.1 Å². The molecular weight excluding hydrogens is 287 g/mol. The van der Waals surface area contributed by atoms with Gasteiger partial charge in [0.1, 0.15) is 5.82 Å². The van der Waals surface area contributed by atoms with Crippen molar-refractivity contribution in [1.29, 1.82) is 0 Å². The van der Waals surface area contributed by atoms with Crippen LogP contribution in [0, 0.1) is 5.82 Å². The highest BCUT2D eigenvalue weighted by Crippen LogP contribution is 2.31. The third-order valence-electron chi connectivity index (χ3n) is 4.78. The van der Waals surface area contributed by atoms with Crippen LogP contribution in [0.4, 0.5) is 4.39 Å². The number of nitrogens with zero attached hydrogens (tertiary/aromatic N) is 1. The lowest BCUT2D eigenvalue weighted by Gasteiger charge is -2.38. The van der Waals surface area contributed by atoms with Gasteiger partial charge >= 0.3 is 0 Å². The minimum atomic E-state index is -0.237. The number of benzene rings is 1. The molecule has 21 heavy (non-hydrogen) atoms. The molecule has 1 aromatic rings. The molecule has 0 radical (unpaired) electrons. The molecule has 116 valence electrons. The van der Waals surface area contributed by atoms with Gasteiger partial charge in [-0.2, -0.15) is 0 Å². The van der Waals surface area contributed by atoms with Gasteiger partial charge in [0, 0.05) is 29.7 Å². The topological polar surface area (TPSA) is 15.3 Å². The number of halogens is 2.